The molecule has 0 aromatic rings. The lowest BCUT2D eigenvalue weighted by molar-refractivity contribution is -0.149. The molecule has 0 spiro atoms. The lowest BCUT2D eigenvalue weighted by Gasteiger charge is -2.19. The summed E-state index contributed by atoms with van der Waals surface area (Å²) in [5.41, 5.74) is 0. The van der Waals surface area contributed by atoms with Crippen LogP contribution in [0.25, 0.3) is 0 Å². The van der Waals surface area contributed by atoms with Crippen LogP contribution < -0.4 is 0 Å². The minimum Gasteiger partial charge on any atom is -0.465 e. The van der Waals surface area contributed by atoms with Crippen molar-refractivity contribution >= 4 is 11.8 Å². The van der Waals surface area contributed by atoms with Crippen LogP contribution in [0.5, 0.6) is 0 Å². The number of ketones is 1. The molecule has 0 amide bonds. The standard InChI is InChI=1S/C14H24O3/c1-12(15)8-4-3-7-11-17-14(16)13-9-5-2-6-10-13/h13H,2-11H2,1H3. The Morgan fingerprint density at radius 1 is 1.06 bits per heavy atom. The summed E-state index contributed by atoms with van der Waals surface area (Å²) >= 11 is 0. The van der Waals surface area contributed by atoms with Gasteiger partial charge in [0.2, 0.25) is 0 Å². The molecule has 0 N–H and O–H groups in total. The van der Waals surface area contributed by atoms with E-state index >= 15 is 0 Å². The van der Waals surface area contributed by atoms with Crippen molar-refractivity contribution in [3.63, 3.8) is 0 Å². The van der Waals surface area contributed by atoms with Crippen molar-refractivity contribution in [2.24, 2.45) is 5.92 Å². The molecule has 0 radical (unpaired) electrons. The van der Waals surface area contributed by atoms with Crippen molar-refractivity contribution < 1.29 is 14.3 Å². The van der Waals surface area contributed by atoms with Gasteiger partial charge in [0, 0.05) is 6.42 Å². The quantitative estimate of drug-likeness (QED) is 0.506. The number of hydrogen-bond acceptors (Lipinski definition) is 3. The summed E-state index contributed by atoms with van der Waals surface area (Å²) in [5.74, 6) is 0.390. The lowest BCUT2D eigenvalue weighted by Crippen LogP contribution is -2.20. The highest BCUT2D eigenvalue weighted by molar-refractivity contribution is 5.75. The van der Waals surface area contributed by atoms with E-state index < -0.39 is 0 Å². The minimum absolute atomic E-state index is 0.00346. The molecule has 1 rings (SSSR count). The average molecular weight is 240 g/mol. The normalized spacial score (nSPS) is 16.8. The molecule has 17 heavy (non-hydrogen) atoms. The highest BCUT2D eigenvalue weighted by Crippen LogP contribution is 2.24. The van der Waals surface area contributed by atoms with Crippen LogP contribution in [0.3, 0.4) is 0 Å². The van der Waals surface area contributed by atoms with Crippen LogP contribution in [-0.4, -0.2) is 18.4 Å². The van der Waals surface area contributed by atoms with Crippen LogP contribution in [0, 0.1) is 5.92 Å². The molecule has 1 saturated carbocycles. The maximum Gasteiger partial charge on any atom is 0.308 e. The summed E-state index contributed by atoms with van der Waals surface area (Å²) in [6.07, 6.45) is 9.01. The van der Waals surface area contributed by atoms with Gasteiger partial charge in [0.05, 0.1) is 12.5 Å². The topological polar surface area (TPSA) is 43.4 Å². The fourth-order valence-electron chi connectivity index (χ4n) is 2.28. The van der Waals surface area contributed by atoms with E-state index in [0.717, 1.165) is 32.1 Å². The molecule has 0 aromatic carbocycles. The van der Waals surface area contributed by atoms with Gasteiger partial charge in [-0.25, -0.2) is 0 Å². The van der Waals surface area contributed by atoms with E-state index in [9.17, 15) is 9.59 Å². The molecule has 0 heterocycles. The Morgan fingerprint density at radius 3 is 2.41 bits per heavy atom. The Balaban J connectivity index is 1.98. The van der Waals surface area contributed by atoms with Gasteiger partial charge >= 0.3 is 5.97 Å². The average Bonchev–Trinajstić information content (AvgIpc) is 2.34. The summed E-state index contributed by atoms with van der Waals surface area (Å²) in [7, 11) is 0. The van der Waals surface area contributed by atoms with E-state index in [0.29, 0.717) is 13.0 Å². The molecular formula is C14H24O3. The first kappa shape index (κ1) is 14.2. The predicted molar refractivity (Wildman–Crippen MR) is 66.7 cm³/mol. The first-order chi connectivity index (χ1) is 8.20. The van der Waals surface area contributed by atoms with Crippen molar-refractivity contribution in [3.8, 4) is 0 Å². The molecule has 0 aliphatic heterocycles. The van der Waals surface area contributed by atoms with Gasteiger partial charge < -0.3 is 9.53 Å². The zero-order valence-electron chi connectivity index (χ0n) is 10.9. The van der Waals surface area contributed by atoms with E-state index in [1.54, 1.807) is 6.92 Å². The fraction of sp³-hybridized carbons (Fsp3) is 0.857. The van der Waals surface area contributed by atoms with E-state index in [4.69, 9.17) is 4.74 Å². The Hall–Kier alpha value is -0.860. The molecule has 3 nitrogen and oxygen atoms in total. The number of rotatable bonds is 7. The van der Waals surface area contributed by atoms with Crippen molar-refractivity contribution in [3.05, 3.63) is 0 Å². The minimum atomic E-state index is -0.00346. The van der Waals surface area contributed by atoms with E-state index in [-0.39, 0.29) is 17.7 Å². The monoisotopic (exact) mass is 240 g/mol. The van der Waals surface area contributed by atoms with Crippen molar-refractivity contribution in [2.75, 3.05) is 6.61 Å². The highest BCUT2D eigenvalue weighted by Gasteiger charge is 2.21. The molecule has 0 aromatic heterocycles. The van der Waals surface area contributed by atoms with E-state index in [1.807, 2.05) is 0 Å². The summed E-state index contributed by atoms with van der Waals surface area (Å²) in [4.78, 5) is 22.4. The van der Waals surface area contributed by atoms with Crippen LogP contribution >= 0.6 is 0 Å². The second kappa shape index (κ2) is 8.26. The zero-order valence-corrected chi connectivity index (χ0v) is 10.9. The van der Waals surface area contributed by atoms with Crippen molar-refractivity contribution in [2.45, 2.75) is 64.7 Å². The van der Waals surface area contributed by atoms with Gasteiger partial charge in [0.15, 0.2) is 0 Å². The molecule has 98 valence electrons. The van der Waals surface area contributed by atoms with Gasteiger partial charge in [-0.15, -0.1) is 0 Å². The second-order valence-corrected chi connectivity index (χ2v) is 5.02. The maximum absolute atomic E-state index is 11.7. The number of carbonyl (C=O) groups excluding carboxylic acids is 2. The van der Waals surface area contributed by atoms with Crippen LogP contribution in [0.2, 0.25) is 0 Å². The number of carbonyl (C=O) groups is 2. The molecule has 0 atom stereocenters. The van der Waals surface area contributed by atoms with Gasteiger partial charge in [-0.3, -0.25) is 4.79 Å². The van der Waals surface area contributed by atoms with Gasteiger partial charge in [-0.05, 0) is 39.0 Å². The number of esters is 1. The molecular weight excluding hydrogens is 216 g/mol. The molecule has 1 aliphatic carbocycles. The van der Waals surface area contributed by atoms with E-state index in [2.05, 4.69) is 0 Å². The summed E-state index contributed by atoms with van der Waals surface area (Å²) in [6, 6.07) is 0. The predicted octanol–water partition coefficient (Wildman–Crippen LogP) is 3.26. The summed E-state index contributed by atoms with van der Waals surface area (Å²) in [6.45, 7) is 2.14. The molecule has 1 fully saturated rings. The van der Waals surface area contributed by atoms with Crippen LogP contribution in [0.4, 0.5) is 0 Å². The largest absolute Gasteiger partial charge is 0.465 e. The molecule has 0 bridgehead atoms. The number of unbranched alkanes of at least 4 members (excludes halogenated alkanes) is 2. The molecule has 0 saturated heterocycles. The Morgan fingerprint density at radius 2 is 1.76 bits per heavy atom. The highest BCUT2D eigenvalue weighted by atomic mass is 16.5. The Kier molecular flexibility index (Phi) is 6.90. The van der Waals surface area contributed by atoms with Gasteiger partial charge in [0.25, 0.3) is 0 Å². The zero-order chi connectivity index (χ0) is 12.5. The molecule has 0 unspecified atom stereocenters. The molecule has 3 heteroatoms. The number of ether oxygens (including phenoxy) is 1. The summed E-state index contributed by atoms with van der Waals surface area (Å²) < 4.78 is 5.26. The third kappa shape index (κ3) is 6.44. The molecule has 1 aliphatic rings. The second-order valence-electron chi connectivity index (χ2n) is 5.02. The third-order valence-corrected chi connectivity index (χ3v) is 3.36. The van der Waals surface area contributed by atoms with Crippen LogP contribution in [0.15, 0.2) is 0 Å². The van der Waals surface area contributed by atoms with Crippen molar-refractivity contribution in [1.29, 1.82) is 0 Å². The first-order valence-electron chi connectivity index (χ1n) is 6.86. The van der Waals surface area contributed by atoms with Gasteiger partial charge in [-0.1, -0.05) is 19.3 Å². The SMILES string of the molecule is CC(=O)CCCCCOC(=O)C1CCCCC1. The van der Waals surface area contributed by atoms with Gasteiger partial charge in [0.1, 0.15) is 5.78 Å². The van der Waals surface area contributed by atoms with Crippen LogP contribution in [0.1, 0.15) is 64.7 Å². The third-order valence-electron chi connectivity index (χ3n) is 3.36. The van der Waals surface area contributed by atoms with Crippen molar-refractivity contribution in [1.82, 2.24) is 0 Å². The first-order valence-corrected chi connectivity index (χ1v) is 6.86. The van der Waals surface area contributed by atoms with Crippen LogP contribution in [-0.2, 0) is 14.3 Å². The number of hydrogen-bond donors (Lipinski definition) is 0. The van der Waals surface area contributed by atoms with E-state index in [1.165, 1.54) is 19.3 Å². The smallest absolute Gasteiger partial charge is 0.308 e. The lowest BCUT2D eigenvalue weighted by atomic mass is 9.89. The summed E-state index contributed by atoms with van der Waals surface area (Å²) in [5, 5.41) is 0. The fourth-order valence-corrected chi connectivity index (χ4v) is 2.28. The number of Topliss-reactive ketones (excluding diaryl/α,β-unsaturated/α-hetero) is 1. The Bertz CT molecular complexity index is 242. The van der Waals surface area contributed by atoms with Gasteiger partial charge in [-0.2, -0.15) is 0 Å². The maximum atomic E-state index is 11.7. The Labute approximate surface area is 104 Å².